The number of aromatic nitrogens is 2. The standard InChI is InChI=1S/C12H12N2O3S2/c1-17-11-7-8-13-12(14-11)18-9-5-3-4-6-10(9)19(2,15)16/h3-8H,1-2H3. The average molecular weight is 296 g/mol. The highest BCUT2D eigenvalue weighted by Crippen LogP contribution is 2.31. The van der Waals surface area contributed by atoms with Crippen molar-refractivity contribution in [2.24, 2.45) is 0 Å². The molecule has 0 spiro atoms. The maximum absolute atomic E-state index is 11.7. The molecule has 0 aliphatic carbocycles. The molecule has 19 heavy (non-hydrogen) atoms. The lowest BCUT2D eigenvalue weighted by Gasteiger charge is -2.06. The molecule has 0 saturated carbocycles. The summed E-state index contributed by atoms with van der Waals surface area (Å²) in [4.78, 5) is 9.09. The third-order valence-corrected chi connectivity index (χ3v) is 4.51. The molecule has 0 bridgehead atoms. The highest BCUT2D eigenvalue weighted by atomic mass is 32.2. The largest absolute Gasteiger partial charge is 0.481 e. The smallest absolute Gasteiger partial charge is 0.217 e. The average Bonchev–Trinajstić information content (AvgIpc) is 2.38. The molecule has 1 aromatic carbocycles. The summed E-state index contributed by atoms with van der Waals surface area (Å²) in [5.74, 6) is 0.439. The first-order valence-electron chi connectivity index (χ1n) is 5.34. The van der Waals surface area contributed by atoms with Gasteiger partial charge in [-0.2, -0.15) is 4.98 Å². The van der Waals surface area contributed by atoms with Gasteiger partial charge in [0.1, 0.15) is 0 Å². The van der Waals surface area contributed by atoms with Crippen LogP contribution < -0.4 is 4.74 Å². The van der Waals surface area contributed by atoms with Crippen LogP contribution in [0.2, 0.25) is 0 Å². The first kappa shape index (κ1) is 13.8. The zero-order valence-electron chi connectivity index (χ0n) is 10.4. The molecule has 1 aromatic heterocycles. The molecule has 0 aliphatic rings. The van der Waals surface area contributed by atoms with Crippen molar-refractivity contribution in [2.45, 2.75) is 14.9 Å². The van der Waals surface area contributed by atoms with Crippen molar-refractivity contribution in [3.05, 3.63) is 36.5 Å². The molecule has 0 atom stereocenters. The van der Waals surface area contributed by atoms with E-state index in [4.69, 9.17) is 4.74 Å². The third-order valence-electron chi connectivity index (χ3n) is 2.27. The molecule has 0 aliphatic heterocycles. The van der Waals surface area contributed by atoms with Gasteiger partial charge >= 0.3 is 0 Å². The van der Waals surface area contributed by atoms with Crippen LogP contribution in [0.25, 0.3) is 0 Å². The summed E-state index contributed by atoms with van der Waals surface area (Å²) in [7, 11) is -1.76. The molecule has 0 N–H and O–H groups in total. The number of sulfone groups is 1. The third kappa shape index (κ3) is 3.45. The van der Waals surface area contributed by atoms with E-state index in [2.05, 4.69) is 9.97 Å². The monoisotopic (exact) mass is 296 g/mol. The number of hydrogen-bond donors (Lipinski definition) is 0. The minimum absolute atomic E-state index is 0.270. The van der Waals surface area contributed by atoms with Gasteiger partial charge in [-0.15, -0.1) is 0 Å². The molecule has 5 nitrogen and oxygen atoms in total. The van der Waals surface area contributed by atoms with Gasteiger partial charge in [0, 0.05) is 23.4 Å². The van der Waals surface area contributed by atoms with Gasteiger partial charge in [-0.3, -0.25) is 0 Å². The Hall–Kier alpha value is -1.60. The maximum atomic E-state index is 11.7. The van der Waals surface area contributed by atoms with Crippen LogP contribution >= 0.6 is 11.8 Å². The fourth-order valence-corrected chi connectivity index (χ4v) is 3.53. The number of methoxy groups -OCH3 is 1. The molecule has 2 rings (SSSR count). The number of nitrogens with zero attached hydrogens (tertiary/aromatic N) is 2. The van der Waals surface area contributed by atoms with E-state index in [1.54, 1.807) is 36.5 Å². The van der Waals surface area contributed by atoms with Crippen LogP contribution in [0.15, 0.2) is 51.5 Å². The van der Waals surface area contributed by atoms with Crippen molar-refractivity contribution < 1.29 is 13.2 Å². The number of ether oxygens (including phenoxy) is 1. The zero-order valence-corrected chi connectivity index (χ0v) is 12.0. The van der Waals surface area contributed by atoms with E-state index in [1.807, 2.05) is 0 Å². The Labute approximate surface area is 116 Å². The Kier molecular flexibility index (Phi) is 4.06. The predicted molar refractivity (Wildman–Crippen MR) is 72.3 cm³/mol. The second-order valence-corrected chi connectivity index (χ2v) is 6.70. The normalized spacial score (nSPS) is 11.3. The molecule has 100 valence electrons. The summed E-state index contributed by atoms with van der Waals surface area (Å²) >= 11 is 1.19. The second-order valence-electron chi connectivity index (χ2n) is 3.70. The van der Waals surface area contributed by atoms with Gasteiger partial charge < -0.3 is 4.74 Å². The minimum Gasteiger partial charge on any atom is -0.481 e. The van der Waals surface area contributed by atoms with Crippen LogP contribution in [0.4, 0.5) is 0 Å². The van der Waals surface area contributed by atoms with Crippen LogP contribution in [-0.2, 0) is 9.84 Å². The van der Waals surface area contributed by atoms with Gasteiger partial charge in [0.05, 0.1) is 12.0 Å². The lowest BCUT2D eigenvalue weighted by Crippen LogP contribution is -1.99. The predicted octanol–water partition coefficient (Wildman–Crippen LogP) is 2.04. The number of hydrogen-bond acceptors (Lipinski definition) is 6. The molecule has 0 amide bonds. The van der Waals surface area contributed by atoms with E-state index in [-0.39, 0.29) is 4.90 Å². The Morgan fingerprint density at radius 3 is 2.63 bits per heavy atom. The summed E-state index contributed by atoms with van der Waals surface area (Å²) in [6.07, 6.45) is 2.75. The van der Waals surface area contributed by atoms with Crippen molar-refractivity contribution in [1.82, 2.24) is 9.97 Å². The van der Waals surface area contributed by atoms with Crippen molar-refractivity contribution in [3.8, 4) is 5.88 Å². The molecule has 7 heteroatoms. The molecule has 0 fully saturated rings. The molecular formula is C12H12N2O3S2. The second kappa shape index (κ2) is 5.58. The molecular weight excluding hydrogens is 284 g/mol. The maximum Gasteiger partial charge on any atom is 0.217 e. The van der Waals surface area contributed by atoms with Gasteiger partial charge in [0.25, 0.3) is 0 Å². The highest BCUT2D eigenvalue weighted by Gasteiger charge is 2.14. The number of benzene rings is 1. The van der Waals surface area contributed by atoms with Crippen LogP contribution in [0.1, 0.15) is 0 Å². The van der Waals surface area contributed by atoms with Crippen molar-refractivity contribution in [1.29, 1.82) is 0 Å². The van der Waals surface area contributed by atoms with Crippen LogP contribution in [0, 0.1) is 0 Å². The van der Waals surface area contributed by atoms with E-state index < -0.39 is 9.84 Å². The summed E-state index contributed by atoms with van der Waals surface area (Å²) < 4.78 is 28.4. The van der Waals surface area contributed by atoms with E-state index in [9.17, 15) is 8.42 Å². The highest BCUT2D eigenvalue weighted by molar-refractivity contribution is 8.00. The summed E-state index contributed by atoms with van der Waals surface area (Å²) in [5.41, 5.74) is 0. The molecule has 2 aromatic rings. The first-order chi connectivity index (χ1) is 9.00. The van der Waals surface area contributed by atoms with Crippen LogP contribution in [-0.4, -0.2) is 31.8 Å². The van der Waals surface area contributed by atoms with Gasteiger partial charge in [0.2, 0.25) is 5.88 Å². The van der Waals surface area contributed by atoms with E-state index in [0.717, 1.165) is 0 Å². The fourth-order valence-electron chi connectivity index (χ4n) is 1.43. The Balaban J connectivity index is 2.38. The van der Waals surface area contributed by atoms with Crippen LogP contribution in [0.5, 0.6) is 5.88 Å². The van der Waals surface area contributed by atoms with Gasteiger partial charge in [-0.05, 0) is 23.9 Å². The Morgan fingerprint density at radius 1 is 1.21 bits per heavy atom. The van der Waals surface area contributed by atoms with Gasteiger partial charge in [-0.25, -0.2) is 13.4 Å². The lowest BCUT2D eigenvalue weighted by atomic mass is 10.4. The Morgan fingerprint density at radius 2 is 1.95 bits per heavy atom. The molecule has 0 unspecified atom stereocenters. The minimum atomic E-state index is -3.28. The molecule has 0 saturated heterocycles. The van der Waals surface area contributed by atoms with E-state index >= 15 is 0 Å². The van der Waals surface area contributed by atoms with E-state index in [0.29, 0.717) is 15.9 Å². The zero-order chi connectivity index (χ0) is 13.9. The van der Waals surface area contributed by atoms with Crippen molar-refractivity contribution in [2.75, 3.05) is 13.4 Å². The molecule has 1 heterocycles. The first-order valence-corrected chi connectivity index (χ1v) is 8.05. The summed E-state index contributed by atoms with van der Waals surface area (Å²) in [5, 5.41) is 0.440. The number of rotatable bonds is 4. The lowest BCUT2D eigenvalue weighted by molar-refractivity contribution is 0.392. The van der Waals surface area contributed by atoms with Crippen molar-refractivity contribution in [3.63, 3.8) is 0 Å². The van der Waals surface area contributed by atoms with Gasteiger partial charge in [0.15, 0.2) is 15.0 Å². The summed E-state index contributed by atoms with van der Waals surface area (Å²) in [6.45, 7) is 0. The Bertz CT molecular complexity index is 687. The van der Waals surface area contributed by atoms with E-state index in [1.165, 1.54) is 25.1 Å². The summed E-state index contributed by atoms with van der Waals surface area (Å²) in [6, 6.07) is 8.39. The van der Waals surface area contributed by atoms with Gasteiger partial charge in [-0.1, -0.05) is 12.1 Å². The fraction of sp³-hybridized carbons (Fsp3) is 0.167. The molecule has 0 radical (unpaired) electrons. The van der Waals surface area contributed by atoms with Crippen LogP contribution in [0.3, 0.4) is 0 Å². The van der Waals surface area contributed by atoms with Crippen molar-refractivity contribution >= 4 is 21.6 Å². The topological polar surface area (TPSA) is 69.2 Å². The quantitative estimate of drug-likeness (QED) is 0.804. The SMILES string of the molecule is COc1ccnc(Sc2ccccc2S(C)(=O)=O)n1.